The van der Waals surface area contributed by atoms with E-state index in [2.05, 4.69) is 52.2 Å². The zero-order valence-electron chi connectivity index (χ0n) is 12.4. The van der Waals surface area contributed by atoms with E-state index in [0.717, 1.165) is 52.8 Å². The van der Waals surface area contributed by atoms with Gasteiger partial charge in [0.1, 0.15) is 5.52 Å². The highest BCUT2D eigenvalue weighted by atomic mass is 79.9. The summed E-state index contributed by atoms with van der Waals surface area (Å²) in [5.41, 5.74) is 2.84. The van der Waals surface area contributed by atoms with Gasteiger partial charge in [0.2, 0.25) is 0 Å². The molecule has 1 aromatic heterocycles. The van der Waals surface area contributed by atoms with Gasteiger partial charge in [0.15, 0.2) is 11.5 Å². The summed E-state index contributed by atoms with van der Waals surface area (Å²) in [5.74, 6) is 1.04. The van der Waals surface area contributed by atoms with Gasteiger partial charge in [-0.1, -0.05) is 13.8 Å². The largest absolute Gasteiger partial charge is 0.439 e. The van der Waals surface area contributed by atoms with E-state index in [0.29, 0.717) is 0 Å². The molecule has 1 aromatic carbocycles. The lowest BCUT2D eigenvalue weighted by molar-refractivity contribution is 0.148. The molecular formula is C16H21BrN2O2. The van der Waals surface area contributed by atoms with Crippen molar-refractivity contribution in [3.63, 3.8) is 0 Å². The summed E-state index contributed by atoms with van der Waals surface area (Å²) in [6.45, 7) is 4.88. The first-order valence-corrected chi connectivity index (χ1v) is 8.34. The lowest BCUT2D eigenvalue weighted by atomic mass is 10.1. The van der Waals surface area contributed by atoms with Gasteiger partial charge >= 0.3 is 0 Å². The summed E-state index contributed by atoms with van der Waals surface area (Å²) in [5, 5.41) is 13.3. The van der Waals surface area contributed by atoms with Crippen LogP contribution in [0.1, 0.15) is 50.5 Å². The van der Waals surface area contributed by atoms with Crippen molar-refractivity contribution in [1.82, 2.24) is 10.3 Å². The van der Waals surface area contributed by atoms with Gasteiger partial charge in [0.25, 0.3) is 0 Å². The normalized spacial score (nSPS) is 22.5. The van der Waals surface area contributed by atoms with Crippen LogP contribution in [0, 0.1) is 0 Å². The maximum atomic E-state index is 9.86. The van der Waals surface area contributed by atoms with Crippen molar-refractivity contribution in [3.8, 4) is 0 Å². The monoisotopic (exact) mass is 352 g/mol. The molecule has 3 rings (SSSR count). The summed E-state index contributed by atoms with van der Waals surface area (Å²) in [4.78, 5) is 4.55. The standard InChI is InChI=1S/C16H21BrN2O2/c1-9(2)16-19-13-7-10(6-11(17)15(13)21-16)8-18-12-4-3-5-14(12)20/h6-7,9,12,14,18,20H,3-5,8H2,1-2H3/t12-,14+/m0/s1. The molecule has 2 atom stereocenters. The maximum absolute atomic E-state index is 9.86. The fourth-order valence-corrected chi connectivity index (χ4v) is 3.42. The first-order chi connectivity index (χ1) is 10.0. The summed E-state index contributed by atoms with van der Waals surface area (Å²) in [6, 6.07) is 4.33. The Labute approximate surface area is 133 Å². The van der Waals surface area contributed by atoms with Crippen LogP contribution in [0.5, 0.6) is 0 Å². The number of halogens is 1. The van der Waals surface area contributed by atoms with E-state index in [-0.39, 0.29) is 18.1 Å². The number of hydrogen-bond acceptors (Lipinski definition) is 4. The minimum absolute atomic E-state index is 0.211. The van der Waals surface area contributed by atoms with Crippen LogP contribution < -0.4 is 5.32 Å². The second-order valence-electron chi connectivity index (χ2n) is 6.12. The first-order valence-electron chi connectivity index (χ1n) is 7.55. The molecule has 0 spiro atoms. The molecular weight excluding hydrogens is 332 g/mol. The molecule has 0 radical (unpaired) electrons. The number of fused-ring (bicyclic) bond motifs is 1. The quantitative estimate of drug-likeness (QED) is 0.880. The van der Waals surface area contributed by atoms with Crippen molar-refractivity contribution in [1.29, 1.82) is 0 Å². The third kappa shape index (κ3) is 3.15. The Morgan fingerprint density at radius 1 is 1.43 bits per heavy atom. The van der Waals surface area contributed by atoms with E-state index in [4.69, 9.17) is 4.42 Å². The van der Waals surface area contributed by atoms with E-state index in [1.165, 1.54) is 0 Å². The van der Waals surface area contributed by atoms with Gasteiger partial charge in [-0.15, -0.1) is 0 Å². The highest BCUT2D eigenvalue weighted by Crippen LogP contribution is 2.29. The number of oxazole rings is 1. The lowest BCUT2D eigenvalue weighted by Gasteiger charge is -2.16. The Bertz CT molecular complexity index is 638. The molecule has 1 heterocycles. The molecule has 4 nitrogen and oxygen atoms in total. The van der Waals surface area contributed by atoms with Crippen LogP contribution >= 0.6 is 15.9 Å². The molecule has 114 valence electrons. The van der Waals surface area contributed by atoms with Crippen LogP contribution in [0.3, 0.4) is 0 Å². The molecule has 0 saturated heterocycles. The van der Waals surface area contributed by atoms with E-state index in [1.807, 2.05) is 0 Å². The minimum atomic E-state index is -0.211. The SMILES string of the molecule is CC(C)c1nc2cc(CN[C@H]3CCC[C@H]3O)cc(Br)c2o1. The Balaban J connectivity index is 1.79. The van der Waals surface area contributed by atoms with Crippen molar-refractivity contribution in [2.45, 2.75) is 57.7 Å². The number of aromatic nitrogens is 1. The van der Waals surface area contributed by atoms with Crippen molar-refractivity contribution in [2.24, 2.45) is 0 Å². The zero-order chi connectivity index (χ0) is 15.0. The van der Waals surface area contributed by atoms with Crippen LogP contribution in [-0.4, -0.2) is 22.2 Å². The zero-order valence-corrected chi connectivity index (χ0v) is 14.0. The molecule has 2 aromatic rings. The van der Waals surface area contributed by atoms with E-state index in [1.54, 1.807) is 0 Å². The third-order valence-corrected chi connectivity index (χ3v) is 4.65. The van der Waals surface area contributed by atoms with Gasteiger partial charge in [-0.3, -0.25) is 0 Å². The van der Waals surface area contributed by atoms with E-state index >= 15 is 0 Å². The maximum Gasteiger partial charge on any atom is 0.198 e. The molecule has 1 aliphatic carbocycles. The second kappa shape index (κ2) is 6.07. The molecule has 2 N–H and O–H groups in total. The van der Waals surface area contributed by atoms with Gasteiger partial charge in [0, 0.05) is 18.5 Å². The average Bonchev–Trinajstić information content (AvgIpc) is 3.03. The topological polar surface area (TPSA) is 58.3 Å². The molecule has 0 unspecified atom stereocenters. The van der Waals surface area contributed by atoms with Crippen molar-refractivity contribution in [2.75, 3.05) is 0 Å². The van der Waals surface area contributed by atoms with Crippen molar-refractivity contribution < 1.29 is 9.52 Å². The Morgan fingerprint density at radius 2 is 2.24 bits per heavy atom. The molecule has 21 heavy (non-hydrogen) atoms. The average molecular weight is 353 g/mol. The van der Waals surface area contributed by atoms with Crippen LogP contribution in [0.2, 0.25) is 0 Å². The predicted molar refractivity (Wildman–Crippen MR) is 86.3 cm³/mol. The number of benzene rings is 1. The molecule has 0 aliphatic heterocycles. The third-order valence-electron chi connectivity index (χ3n) is 4.06. The fourth-order valence-electron chi connectivity index (χ4n) is 2.84. The van der Waals surface area contributed by atoms with Gasteiger partial charge in [-0.2, -0.15) is 0 Å². The highest BCUT2D eigenvalue weighted by Gasteiger charge is 2.24. The second-order valence-corrected chi connectivity index (χ2v) is 6.97. The molecule has 0 bridgehead atoms. The van der Waals surface area contributed by atoms with Gasteiger partial charge in [0.05, 0.1) is 10.6 Å². The van der Waals surface area contributed by atoms with Crippen LogP contribution in [-0.2, 0) is 6.54 Å². The van der Waals surface area contributed by atoms with Crippen LogP contribution in [0.25, 0.3) is 11.1 Å². The molecule has 1 fully saturated rings. The summed E-state index contributed by atoms with van der Waals surface area (Å²) < 4.78 is 6.73. The molecule has 0 amide bonds. The van der Waals surface area contributed by atoms with Gasteiger partial charge in [-0.05, 0) is 52.9 Å². The number of aliphatic hydroxyl groups is 1. The van der Waals surface area contributed by atoms with Crippen LogP contribution in [0.4, 0.5) is 0 Å². The summed E-state index contributed by atoms with van der Waals surface area (Å²) in [6.07, 6.45) is 2.84. The molecule has 5 heteroatoms. The van der Waals surface area contributed by atoms with Crippen molar-refractivity contribution in [3.05, 3.63) is 28.1 Å². The Hall–Kier alpha value is -0.910. The molecule has 1 saturated carbocycles. The summed E-state index contributed by atoms with van der Waals surface area (Å²) in [7, 11) is 0. The van der Waals surface area contributed by atoms with Crippen molar-refractivity contribution >= 4 is 27.0 Å². The van der Waals surface area contributed by atoms with Gasteiger partial charge in [-0.25, -0.2) is 4.98 Å². The number of rotatable bonds is 4. The van der Waals surface area contributed by atoms with E-state index < -0.39 is 0 Å². The summed E-state index contributed by atoms with van der Waals surface area (Å²) >= 11 is 3.56. The fraction of sp³-hybridized carbons (Fsp3) is 0.562. The highest BCUT2D eigenvalue weighted by molar-refractivity contribution is 9.10. The van der Waals surface area contributed by atoms with E-state index in [9.17, 15) is 5.11 Å². The van der Waals surface area contributed by atoms with Gasteiger partial charge < -0.3 is 14.8 Å². The first kappa shape index (κ1) is 15.0. The number of aliphatic hydroxyl groups excluding tert-OH is 1. The van der Waals surface area contributed by atoms with Crippen LogP contribution in [0.15, 0.2) is 21.0 Å². The number of hydrogen-bond donors (Lipinski definition) is 2. The predicted octanol–water partition coefficient (Wildman–Crippen LogP) is 3.72. The lowest BCUT2D eigenvalue weighted by Crippen LogP contribution is -2.35. The minimum Gasteiger partial charge on any atom is -0.439 e. The number of nitrogens with zero attached hydrogens (tertiary/aromatic N) is 1. The molecule has 1 aliphatic rings. The number of nitrogens with one attached hydrogen (secondary N) is 1. The Morgan fingerprint density at radius 3 is 2.90 bits per heavy atom. The Kier molecular flexibility index (Phi) is 4.33. The smallest absolute Gasteiger partial charge is 0.198 e.